The van der Waals surface area contributed by atoms with Gasteiger partial charge in [0.25, 0.3) is 0 Å². The van der Waals surface area contributed by atoms with Crippen molar-refractivity contribution in [3.8, 4) is 0 Å². The highest BCUT2D eigenvalue weighted by Gasteiger charge is 2.27. The number of tetrazole rings is 1. The van der Waals surface area contributed by atoms with E-state index in [0.717, 1.165) is 28.7 Å². The summed E-state index contributed by atoms with van der Waals surface area (Å²) in [6, 6.07) is 6.70. The molecule has 0 N–H and O–H groups in total. The minimum Gasteiger partial charge on any atom is -0.304 e. The molecule has 0 saturated heterocycles. The van der Waals surface area contributed by atoms with E-state index in [-0.39, 0.29) is 0 Å². The molecule has 1 saturated carbocycles. The lowest BCUT2D eigenvalue weighted by atomic mass is 10.4. The van der Waals surface area contributed by atoms with Gasteiger partial charge >= 0.3 is 0 Å². The van der Waals surface area contributed by atoms with Crippen molar-refractivity contribution < 1.29 is 0 Å². The number of aryl methyl sites for hydroxylation is 1. The highest BCUT2D eigenvalue weighted by Crippen LogP contribution is 2.35. The summed E-state index contributed by atoms with van der Waals surface area (Å²) in [5.41, 5.74) is 3.31. The minimum absolute atomic E-state index is 0.536. The van der Waals surface area contributed by atoms with Crippen molar-refractivity contribution in [2.24, 2.45) is 0 Å². The lowest BCUT2D eigenvalue weighted by molar-refractivity contribution is 0.593. The zero-order valence-electron chi connectivity index (χ0n) is 11.8. The molecule has 0 amide bonds. The monoisotopic (exact) mass is 300 g/mol. The maximum atomic E-state index is 4.65. The number of hydrogen-bond donors (Lipinski definition) is 0. The van der Waals surface area contributed by atoms with Crippen molar-refractivity contribution in [3.63, 3.8) is 0 Å². The Bertz CT molecular complexity index is 773. The molecule has 0 aliphatic heterocycles. The van der Waals surface area contributed by atoms with E-state index in [1.165, 1.54) is 18.5 Å². The van der Waals surface area contributed by atoms with Gasteiger partial charge in [-0.15, -0.1) is 16.9 Å². The molecule has 0 bridgehead atoms. The lowest BCUT2D eigenvalue weighted by Gasteiger charge is -2.01. The third kappa shape index (κ3) is 2.53. The Kier molecular flexibility index (Phi) is 3.14. The van der Waals surface area contributed by atoms with Gasteiger partial charge in [-0.3, -0.25) is 0 Å². The molecule has 1 aliphatic carbocycles. The minimum atomic E-state index is 0.536. The number of hydrogen-bond acceptors (Lipinski definition) is 5. The summed E-state index contributed by atoms with van der Waals surface area (Å²) >= 11 is 1.81. The normalized spacial score (nSPS) is 14.9. The quantitative estimate of drug-likeness (QED) is 0.724. The SMILES string of the molecule is Cc1cccc2nc(CSCc3nnnn3C3CC3)cn12. The van der Waals surface area contributed by atoms with E-state index in [9.17, 15) is 0 Å². The molecule has 21 heavy (non-hydrogen) atoms. The molecule has 1 aliphatic rings. The topological polar surface area (TPSA) is 60.9 Å². The molecule has 1 fully saturated rings. The molecule has 6 nitrogen and oxygen atoms in total. The van der Waals surface area contributed by atoms with E-state index in [4.69, 9.17) is 0 Å². The largest absolute Gasteiger partial charge is 0.304 e. The average Bonchev–Trinajstić information content (AvgIpc) is 3.06. The Morgan fingerprint density at radius 2 is 2.19 bits per heavy atom. The summed E-state index contributed by atoms with van der Waals surface area (Å²) in [6.45, 7) is 2.09. The van der Waals surface area contributed by atoms with Crippen molar-refractivity contribution in [2.75, 3.05) is 0 Å². The second-order valence-corrected chi connectivity index (χ2v) is 6.38. The second kappa shape index (κ2) is 5.14. The van der Waals surface area contributed by atoms with Gasteiger partial charge in [-0.2, -0.15) is 0 Å². The van der Waals surface area contributed by atoms with Crippen LogP contribution in [0.1, 0.15) is 36.1 Å². The fraction of sp³-hybridized carbons (Fsp3) is 0.429. The van der Waals surface area contributed by atoms with Crippen molar-refractivity contribution in [1.29, 1.82) is 0 Å². The first-order valence-corrected chi connectivity index (χ1v) is 8.25. The fourth-order valence-electron chi connectivity index (χ4n) is 2.43. The van der Waals surface area contributed by atoms with E-state index in [0.29, 0.717) is 6.04 Å². The molecule has 0 spiro atoms. The van der Waals surface area contributed by atoms with Gasteiger partial charge in [0.15, 0.2) is 5.82 Å². The second-order valence-electron chi connectivity index (χ2n) is 5.39. The van der Waals surface area contributed by atoms with Gasteiger partial charge < -0.3 is 4.40 Å². The average molecular weight is 300 g/mol. The van der Waals surface area contributed by atoms with Gasteiger partial charge in [0.1, 0.15) is 5.65 Å². The van der Waals surface area contributed by atoms with Gasteiger partial charge in [-0.25, -0.2) is 9.67 Å². The molecular formula is C14H16N6S. The predicted molar refractivity (Wildman–Crippen MR) is 81.0 cm³/mol. The third-order valence-electron chi connectivity index (χ3n) is 3.68. The Balaban J connectivity index is 1.43. The Morgan fingerprint density at radius 1 is 1.29 bits per heavy atom. The number of thioether (sulfide) groups is 1. The molecule has 3 aromatic rings. The molecule has 0 radical (unpaired) electrons. The number of pyridine rings is 1. The highest BCUT2D eigenvalue weighted by atomic mass is 32.2. The predicted octanol–water partition coefficient (Wildman–Crippen LogP) is 2.40. The summed E-state index contributed by atoms with van der Waals surface area (Å²) in [7, 11) is 0. The molecule has 3 heterocycles. The van der Waals surface area contributed by atoms with Crippen LogP contribution in [0.2, 0.25) is 0 Å². The van der Waals surface area contributed by atoms with Gasteiger partial charge in [0.2, 0.25) is 0 Å². The van der Waals surface area contributed by atoms with Crippen LogP contribution in [0.5, 0.6) is 0 Å². The Morgan fingerprint density at radius 3 is 3.00 bits per heavy atom. The van der Waals surface area contributed by atoms with Gasteiger partial charge in [0.05, 0.1) is 17.5 Å². The zero-order chi connectivity index (χ0) is 14.2. The molecule has 4 rings (SSSR count). The highest BCUT2D eigenvalue weighted by molar-refractivity contribution is 7.97. The van der Waals surface area contributed by atoms with Gasteiger partial charge in [-0.1, -0.05) is 6.07 Å². The molecule has 0 unspecified atom stereocenters. The first-order chi connectivity index (χ1) is 10.3. The van der Waals surface area contributed by atoms with E-state index in [1.807, 2.05) is 16.8 Å². The van der Waals surface area contributed by atoms with Gasteiger partial charge in [-0.05, 0) is 42.3 Å². The summed E-state index contributed by atoms with van der Waals surface area (Å²) < 4.78 is 4.10. The van der Waals surface area contributed by atoms with E-state index in [1.54, 1.807) is 11.8 Å². The maximum Gasteiger partial charge on any atom is 0.161 e. The summed E-state index contributed by atoms with van der Waals surface area (Å²) in [5, 5.41) is 12.0. The summed E-state index contributed by atoms with van der Waals surface area (Å²) in [4.78, 5) is 4.65. The fourth-order valence-corrected chi connectivity index (χ4v) is 3.25. The first-order valence-electron chi connectivity index (χ1n) is 7.09. The standard InChI is InChI=1S/C14H16N6S/c1-10-3-2-4-13-15-11(7-19(10)13)8-21-9-14-16-17-18-20(14)12-5-6-12/h2-4,7,12H,5-6,8-9H2,1H3. The maximum absolute atomic E-state index is 4.65. The number of nitrogens with zero attached hydrogens (tertiary/aromatic N) is 6. The number of rotatable bonds is 5. The number of aromatic nitrogens is 6. The van der Waals surface area contributed by atoms with Crippen LogP contribution in [-0.4, -0.2) is 29.6 Å². The molecule has 3 aromatic heterocycles. The van der Waals surface area contributed by atoms with E-state index >= 15 is 0 Å². The molecule has 0 aromatic carbocycles. The Hall–Kier alpha value is -1.89. The summed E-state index contributed by atoms with van der Waals surface area (Å²) in [5.74, 6) is 2.68. The van der Waals surface area contributed by atoms with Crippen LogP contribution < -0.4 is 0 Å². The van der Waals surface area contributed by atoms with Gasteiger partial charge in [0, 0.05) is 17.6 Å². The molecule has 0 atom stereocenters. The molecule has 108 valence electrons. The van der Waals surface area contributed by atoms with Crippen LogP contribution in [0, 0.1) is 6.92 Å². The molecular weight excluding hydrogens is 284 g/mol. The van der Waals surface area contributed by atoms with Crippen LogP contribution in [-0.2, 0) is 11.5 Å². The van der Waals surface area contributed by atoms with Crippen LogP contribution in [0.25, 0.3) is 5.65 Å². The van der Waals surface area contributed by atoms with Crippen molar-refractivity contribution in [1.82, 2.24) is 29.6 Å². The molecule has 7 heteroatoms. The number of fused-ring (bicyclic) bond motifs is 1. The van der Waals surface area contributed by atoms with Crippen LogP contribution >= 0.6 is 11.8 Å². The van der Waals surface area contributed by atoms with E-state index in [2.05, 4.69) is 44.1 Å². The summed E-state index contributed by atoms with van der Waals surface area (Å²) in [6.07, 6.45) is 4.52. The smallest absolute Gasteiger partial charge is 0.161 e. The van der Waals surface area contributed by atoms with Crippen molar-refractivity contribution in [2.45, 2.75) is 37.3 Å². The van der Waals surface area contributed by atoms with Crippen molar-refractivity contribution >= 4 is 17.4 Å². The van der Waals surface area contributed by atoms with Crippen LogP contribution in [0.4, 0.5) is 0 Å². The lowest BCUT2D eigenvalue weighted by Crippen LogP contribution is -2.02. The van der Waals surface area contributed by atoms with E-state index < -0.39 is 0 Å². The first kappa shape index (κ1) is 12.8. The van der Waals surface area contributed by atoms with Crippen molar-refractivity contribution in [3.05, 3.63) is 41.6 Å². The van der Waals surface area contributed by atoms with Crippen LogP contribution in [0.15, 0.2) is 24.4 Å². The Labute approximate surface area is 126 Å². The number of imidazole rings is 1. The van der Waals surface area contributed by atoms with Crippen LogP contribution in [0.3, 0.4) is 0 Å². The third-order valence-corrected chi connectivity index (χ3v) is 4.64. The zero-order valence-corrected chi connectivity index (χ0v) is 12.6.